The summed E-state index contributed by atoms with van der Waals surface area (Å²) in [6.07, 6.45) is -2.41. The lowest BCUT2D eigenvalue weighted by molar-refractivity contribution is 0.0506. The zero-order valence-electron chi connectivity index (χ0n) is 11.4. The third-order valence-electron chi connectivity index (χ3n) is 2.55. The molecule has 2 aromatic rings. The average molecular weight is 301 g/mol. The smallest absolute Gasteiger partial charge is 0.361 e. The number of aromatic nitrogens is 5. The van der Waals surface area contributed by atoms with Gasteiger partial charge in [0.1, 0.15) is 12.2 Å². The van der Waals surface area contributed by atoms with Gasteiger partial charge in [-0.25, -0.2) is 18.3 Å². The van der Waals surface area contributed by atoms with Gasteiger partial charge in [-0.15, -0.1) is 5.10 Å². The summed E-state index contributed by atoms with van der Waals surface area (Å²) in [4.78, 5) is 15.6. The van der Waals surface area contributed by atoms with Gasteiger partial charge in [0.05, 0.1) is 6.61 Å². The fraction of sp³-hybridized carbons (Fsp3) is 0.545. The number of carbonyl (C=O) groups is 1. The van der Waals surface area contributed by atoms with E-state index in [0.717, 1.165) is 4.68 Å². The summed E-state index contributed by atoms with van der Waals surface area (Å²) >= 11 is 0. The summed E-state index contributed by atoms with van der Waals surface area (Å²) in [6.45, 7) is 3.26. The Morgan fingerprint density at radius 2 is 2.19 bits per heavy atom. The van der Waals surface area contributed by atoms with E-state index in [0.29, 0.717) is 12.3 Å². The molecular formula is C11H13F2N5O3. The summed E-state index contributed by atoms with van der Waals surface area (Å²) in [6, 6.07) is 0. The number of aryl methyl sites for hydroxylation is 1. The van der Waals surface area contributed by atoms with E-state index in [9.17, 15) is 13.6 Å². The lowest BCUT2D eigenvalue weighted by Crippen LogP contribution is -2.12. The second-order valence-corrected chi connectivity index (χ2v) is 3.96. The van der Waals surface area contributed by atoms with Gasteiger partial charge in [0.2, 0.25) is 5.89 Å². The highest BCUT2D eigenvalue weighted by Crippen LogP contribution is 2.22. The Kier molecular flexibility index (Phi) is 4.55. The first-order chi connectivity index (χ1) is 10.1. The highest BCUT2D eigenvalue weighted by molar-refractivity contribution is 5.88. The minimum atomic E-state index is -2.93. The summed E-state index contributed by atoms with van der Waals surface area (Å²) < 4.78 is 36.7. The number of nitrogens with zero attached hydrogens (tertiary/aromatic N) is 5. The molecule has 0 aliphatic rings. The van der Waals surface area contributed by atoms with E-state index in [2.05, 4.69) is 25.2 Å². The molecule has 0 saturated carbocycles. The average Bonchev–Trinajstić information content (AvgIpc) is 3.06. The van der Waals surface area contributed by atoms with Crippen LogP contribution in [0.15, 0.2) is 4.52 Å². The summed E-state index contributed by atoms with van der Waals surface area (Å²) in [5.41, 5.74) is -1.14. The minimum Gasteiger partial charge on any atom is -0.461 e. The topological polar surface area (TPSA) is 95.9 Å². The lowest BCUT2D eigenvalue weighted by atomic mass is 10.3. The van der Waals surface area contributed by atoms with Crippen LogP contribution in [0.3, 0.4) is 0 Å². The van der Waals surface area contributed by atoms with Crippen molar-refractivity contribution in [3.8, 4) is 0 Å². The fourth-order valence-electron chi connectivity index (χ4n) is 1.63. The number of esters is 1. The van der Waals surface area contributed by atoms with Crippen molar-refractivity contribution in [1.29, 1.82) is 0 Å². The first-order valence-electron chi connectivity index (χ1n) is 6.26. The van der Waals surface area contributed by atoms with E-state index in [4.69, 9.17) is 4.52 Å². The fourth-order valence-corrected chi connectivity index (χ4v) is 1.63. The van der Waals surface area contributed by atoms with Crippen molar-refractivity contribution >= 4 is 5.97 Å². The van der Waals surface area contributed by atoms with E-state index in [1.807, 2.05) is 6.92 Å². The molecule has 114 valence electrons. The first-order valence-corrected chi connectivity index (χ1v) is 6.26. The molecule has 0 N–H and O–H groups in total. The largest absolute Gasteiger partial charge is 0.461 e. The van der Waals surface area contributed by atoms with Crippen molar-refractivity contribution in [1.82, 2.24) is 25.1 Å². The maximum atomic E-state index is 13.1. The predicted octanol–water partition coefficient (Wildman–Crippen LogP) is 1.39. The van der Waals surface area contributed by atoms with Gasteiger partial charge in [-0.05, 0) is 6.92 Å². The van der Waals surface area contributed by atoms with Crippen molar-refractivity contribution in [3.05, 3.63) is 23.1 Å². The van der Waals surface area contributed by atoms with Gasteiger partial charge in [-0.3, -0.25) is 0 Å². The summed E-state index contributed by atoms with van der Waals surface area (Å²) in [5, 5.41) is 10.6. The van der Waals surface area contributed by atoms with Gasteiger partial charge in [0.15, 0.2) is 11.5 Å². The van der Waals surface area contributed by atoms with Crippen LogP contribution in [0.1, 0.15) is 48.2 Å². The molecule has 0 amide bonds. The van der Waals surface area contributed by atoms with Gasteiger partial charge in [-0.1, -0.05) is 17.3 Å². The monoisotopic (exact) mass is 301 g/mol. The van der Waals surface area contributed by atoms with Crippen LogP contribution in [-0.4, -0.2) is 37.7 Å². The number of ether oxygens (including phenoxy) is 1. The zero-order chi connectivity index (χ0) is 15.4. The third kappa shape index (κ3) is 3.20. The first kappa shape index (κ1) is 15.0. The van der Waals surface area contributed by atoms with Crippen molar-refractivity contribution in [3.63, 3.8) is 0 Å². The van der Waals surface area contributed by atoms with E-state index in [1.165, 1.54) is 0 Å². The van der Waals surface area contributed by atoms with Crippen LogP contribution in [0.5, 0.6) is 0 Å². The Bertz CT molecular complexity index is 625. The molecule has 0 aromatic carbocycles. The standard InChI is InChI=1S/C11H13F2N5O3/c1-3-7-14-6(16-21-7)5-18-9(10(12)13)8(15-17-18)11(19)20-4-2/h10H,3-5H2,1-2H3. The lowest BCUT2D eigenvalue weighted by Gasteiger charge is -2.04. The van der Waals surface area contributed by atoms with Gasteiger partial charge in [0.25, 0.3) is 6.43 Å². The van der Waals surface area contributed by atoms with Gasteiger partial charge in [0, 0.05) is 6.42 Å². The quantitative estimate of drug-likeness (QED) is 0.744. The Balaban J connectivity index is 2.29. The molecule has 0 saturated heterocycles. The molecule has 0 radical (unpaired) electrons. The SMILES string of the molecule is CCOC(=O)c1nnn(Cc2noc(CC)n2)c1C(F)F. The molecule has 0 atom stereocenters. The molecule has 2 heterocycles. The van der Waals surface area contributed by atoms with Crippen LogP contribution in [0.2, 0.25) is 0 Å². The second kappa shape index (κ2) is 6.37. The minimum absolute atomic E-state index is 0.0546. The number of alkyl halides is 2. The van der Waals surface area contributed by atoms with Crippen molar-refractivity contribution in [2.24, 2.45) is 0 Å². The van der Waals surface area contributed by atoms with E-state index in [1.54, 1.807) is 6.92 Å². The van der Waals surface area contributed by atoms with Crippen molar-refractivity contribution < 1.29 is 22.8 Å². The molecule has 0 fully saturated rings. The third-order valence-corrected chi connectivity index (χ3v) is 2.55. The van der Waals surface area contributed by atoms with Crippen LogP contribution in [0.25, 0.3) is 0 Å². The number of hydrogen-bond acceptors (Lipinski definition) is 7. The van der Waals surface area contributed by atoms with Crippen LogP contribution >= 0.6 is 0 Å². The van der Waals surface area contributed by atoms with Crippen LogP contribution in [0.4, 0.5) is 8.78 Å². The molecule has 21 heavy (non-hydrogen) atoms. The number of rotatable bonds is 6. The number of hydrogen-bond donors (Lipinski definition) is 0. The second-order valence-electron chi connectivity index (χ2n) is 3.96. The molecule has 8 nitrogen and oxygen atoms in total. The molecule has 2 rings (SSSR count). The zero-order valence-corrected chi connectivity index (χ0v) is 11.4. The summed E-state index contributed by atoms with van der Waals surface area (Å²) in [7, 11) is 0. The van der Waals surface area contributed by atoms with Gasteiger partial charge in [-0.2, -0.15) is 4.98 Å². The maximum absolute atomic E-state index is 13.1. The van der Waals surface area contributed by atoms with Crippen molar-refractivity contribution in [2.75, 3.05) is 6.61 Å². The Morgan fingerprint density at radius 3 is 2.76 bits per heavy atom. The van der Waals surface area contributed by atoms with E-state index in [-0.39, 0.29) is 19.0 Å². The molecule has 0 unspecified atom stereocenters. The molecule has 0 spiro atoms. The maximum Gasteiger partial charge on any atom is 0.361 e. The Morgan fingerprint density at radius 1 is 1.43 bits per heavy atom. The Labute approximate surface area is 118 Å². The van der Waals surface area contributed by atoms with Crippen LogP contribution in [-0.2, 0) is 17.7 Å². The predicted molar refractivity (Wildman–Crippen MR) is 63.7 cm³/mol. The van der Waals surface area contributed by atoms with E-state index < -0.39 is 23.8 Å². The molecule has 10 heteroatoms. The van der Waals surface area contributed by atoms with Gasteiger partial charge >= 0.3 is 5.97 Å². The number of halogens is 2. The van der Waals surface area contributed by atoms with Crippen LogP contribution < -0.4 is 0 Å². The summed E-state index contributed by atoms with van der Waals surface area (Å²) in [5.74, 6) is -0.384. The highest BCUT2D eigenvalue weighted by atomic mass is 19.3. The molecule has 0 aliphatic heterocycles. The van der Waals surface area contributed by atoms with Crippen LogP contribution in [0, 0.1) is 0 Å². The molecule has 2 aromatic heterocycles. The molecule has 0 aliphatic carbocycles. The van der Waals surface area contributed by atoms with Gasteiger partial charge < -0.3 is 9.26 Å². The number of carbonyl (C=O) groups excluding carboxylic acids is 1. The normalized spacial score (nSPS) is 11.1. The van der Waals surface area contributed by atoms with Crippen molar-refractivity contribution in [2.45, 2.75) is 33.2 Å². The molecular weight excluding hydrogens is 288 g/mol. The highest BCUT2D eigenvalue weighted by Gasteiger charge is 2.28. The van der Waals surface area contributed by atoms with E-state index >= 15 is 0 Å². The molecule has 0 bridgehead atoms. The Hall–Kier alpha value is -2.39.